The average molecular weight is 380 g/mol. The third kappa shape index (κ3) is 4.89. The van der Waals surface area contributed by atoms with Crippen LogP contribution in [0.3, 0.4) is 0 Å². The Morgan fingerprint density at radius 1 is 1.21 bits per heavy atom. The van der Waals surface area contributed by atoms with E-state index < -0.39 is 12.6 Å². The zero-order valence-electron chi connectivity index (χ0n) is 16.6. The second-order valence-corrected chi connectivity index (χ2v) is 6.38. The molecule has 1 heterocycles. The van der Waals surface area contributed by atoms with Crippen molar-refractivity contribution in [3.8, 4) is 11.8 Å². The summed E-state index contributed by atoms with van der Waals surface area (Å²) in [6.45, 7) is 6.46. The molecular formula is C22H24N2O4. The van der Waals surface area contributed by atoms with Gasteiger partial charge in [0.1, 0.15) is 17.4 Å². The highest BCUT2D eigenvalue weighted by molar-refractivity contribution is 6.02. The van der Waals surface area contributed by atoms with Crippen LogP contribution in [0.1, 0.15) is 40.7 Å². The standard InChI is InChI=1S/C22H24N2O4/c1-5-10-24-15(2)11-18(16(24)3)12-19(13-23)22(26)28-14-21(25)17-6-8-20(27-4)9-7-17/h6-9,11-12H,5,10,14H2,1-4H3/b19-12+. The largest absolute Gasteiger partial charge is 0.497 e. The Morgan fingerprint density at radius 2 is 1.89 bits per heavy atom. The van der Waals surface area contributed by atoms with Gasteiger partial charge in [0.2, 0.25) is 0 Å². The zero-order valence-corrected chi connectivity index (χ0v) is 16.6. The van der Waals surface area contributed by atoms with E-state index in [1.807, 2.05) is 26.0 Å². The zero-order chi connectivity index (χ0) is 20.7. The normalized spacial score (nSPS) is 11.0. The summed E-state index contributed by atoms with van der Waals surface area (Å²) in [4.78, 5) is 24.4. The molecule has 6 nitrogen and oxygen atoms in total. The molecule has 6 heteroatoms. The number of carbonyl (C=O) groups is 2. The van der Waals surface area contributed by atoms with E-state index in [-0.39, 0.29) is 11.4 Å². The number of Topliss-reactive ketones (excluding diaryl/α,β-unsaturated/α-hetero) is 1. The van der Waals surface area contributed by atoms with Gasteiger partial charge >= 0.3 is 5.97 Å². The third-order valence-electron chi connectivity index (χ3n) is 4.45. The molecule has 0 bridgehead atoms. The minimum Gasteiger partial charge on any atom is -0.497 e. The number of rotatable bonds is 8. The van der Waals surface area contributed by atoms with Crippen molar-refractivity contribution in [1.82, 2.24) is 4.57 Å². The first kappa shape index (κ1) is 21.0. The van der Waals surface area contributed by atoms with E-state index in [0.717, 1.165) is 29.9 Å². The number of methoxy groups -OCH3 is 1. The molecule has 0 aliphatic rings. The van der Waals surface area contributed by atoms with Gasteiger partial charge in [0.25, 0.3) is 0 Å². The molecule has 0 radical (unpaired) electrons. The van der Waals surface area contributed by atoms with E-state index in [2.05, 4.69) is 11.5 Å². The van der Waals surface area contributed by atoms with Gasteiger partial charge in [0, 0.05) is 23.5 Å². The van der Waals surface area contributed by atoms with Crippen LogP contribution in [0.15, 0.2) is 35.9 Å². The van der Waals surface area contributed by atoms with E-state index in [4.69, 9.17) is 9.47 Å². The van der Waals surface area contributed by atoms with Crippen LogP contribution < -0.4 is 4.74 Å². The molecule has 28 heavy (non-hydrogen) atoms. The van der Waals surface area contributed by atoms with Crippen LogP contribution in [0.25, 0.3) is 6.08 Å². The first-order valence-electron chi connectivity index (χ1n) is 9.04. The maximum atomic E-state index is 12.3. The monoisotopic (exact) mass is 380 g/mol. The fourth-order valence-corrected chi connectivity index (χ4v) is 2.90. The minimum absolute atomic E-state index is 0.140. The van der Waals surface area contributed by atoms with Crippen LogP contribution in [0.5, 0.6) is 5.75 Å². The molecule has 0 aliphatic carbocycles. The summed E-state index contributed by atoms with van der Waals surface area (Å²) in [5.74, 6) is -0.539. The van der Waals surface area contributed by atoms with E-state index in [1.165, 1.54) is 13.2 Å². The Morgan fingerprint density at radius 3 is 2.46 bits per heavy atom. The van der Waals surface area contributed by atoms with Crippen LogP contribution >= 0.6 is 0 Å². The van der Waals surface area contributed by atoms with Gasteiger partial charge in [-0.05, 0) is 62.2 Å². The molecule has 146 valence electrons. The van der Waals surface area contributed by atoms with Gasteiger partial charge in [-0.2, -0.15) is 5.26 Å². The lowest BCUT2D eigenvalue weighted by Gasteiger charge is -2.07. The van der Waals surface area contributed by atoms with E-state index in [0.29, 0.717) is 11.3 Å². The Labute approximate surface area is 165 Å². The van der Waals surface area contributed by atoms with Crippen molar-refractivity contribution in [2.24, 2.45) is 0 Å². The van der Waals surface area contributed by atoms with E-state index >= 15 is 0 Å². The first-order chi connectivity index (χ1) is 13.4. The summed E-state index contributed by atoms with van der Waals surface area (Å²) in [6, 6.07) is 10.3. The highest BCUT2D eigenvalue weighted by atomic mass is 16.5. The van der Waals surface area contributed by atoms with Crippen molar-refractivity contribution >= 4 is 17.8 Å². The number of nitrogens with zero attached hydrogens (tertiary/aromatic N) is 2. The molecule has 0 atom stereocenters. The molecule has 1 aromatic heterocycles. The number of esters is 1. The van der Waals surface area contributed by atoms with Gasteiger partial charge in [-0.1, -0.05) is 6.92 Å². The number of hydrogen-bond donors (Lipinski definition) is 0. The topological polar surface area (TPSA) is 81.3 Å². The van der Waals surface area contributed by atoms with Gasteiger partial charge in [-0.25, -0.2) is 4.79 Å². The number of carbonyl (C=O) groups excluding carboxylic acids is 2. The average Bonchev–Trinajstić information content (AvgIpc) is 2.97. The molecule has 0 fully saturated rings. The Kier molecular flexibility index (Phi) is 7.16. The lowest BCUT2D eigenvalue weighted by atomic mass is 10.1. The van der Waals surface area contributed by atoms with Gasteiger partial charge < -0.3 is 14.0 Å². The highest BCUT2D eigenvalue weighted by Crippen LogP contribution is 2.19. The minimum atomic E-state index is -0.815. The number of aromatic nitrogens is 1. The molecule has 2 rings (SSSR count). The Bertz CT molecular complexity index is 931. The highest BCUT2D eigenvalue weighted by Gasteiger charge is 2.16. The van der Waals surface area contributed by atoms with Crippen molar-refractivity contribution in [1.29, 1.82) is 5.26 Å². The maximum Gasteiger partial charge on any atom is 0.349 e. The lowest BCUT2D eigenvalue weighted by Crippen LogP contribution is -2.15. The molecule has 0 saturated heterocycles. The SMILES string of the molecule is CCCn1c(C)cc(/C=C(\C#N)C(=O)OCC(=O)c2ccc(OC)cc2)c1C. The molecule has 1 aromatic carbocycles. The number of ether oxygens (including phenoxy) is 2. The number of aryl methyl sites for hydroxylation is 1. The molecule has 0 amide bonds. The summed E-state index contributed by atoms with van der Waals surface area (Å²) in [6.07, 6.45) is 2.49. The Hall–Kier alpha value is -3.33. The van der Waals surface area contributed by atoms with Crippen molar-refractivity contribution in [2.75, 3.05) is 13.7 Å². The van der Waals surface area contributed by atoms with Gasteiger partial charge in [0.05, 0.1) is 7.11 Å². The second-order valence-electron chi connectivity index (χ2n) is 6.38. The lowest BCUT2D eigenvalue weighted by molar-refractivity contribution is -0.137. The van der Waals surface area contributed by atoms with Gasteiger partial charge in [-0.3, -0.25) is 4.79 Å². The van der Waals surface area contributed by atoms with Crippen LogP contribution in [0.4, 0.5) is 0 Å². The summed E-state index contributed by atoms with van der Waals surface area (Å²) in [5, 5.41) is 9.34. The smallest absolute Gasteiger partial charge is 0.349 e. The van der Waals surface area contributed by atoms with Crippen LogP contribution in [0.2, 0.25) is 0 Å². The molecule has 0 spiro atoms. The second kappa shape index (κ2) is 9.56. The van der Waals surface area contributed by atoms with Crippen molar-refractivity contribution in [2.45, 2.75) is 33.7 Å². The van der Waals surface area contributed by atoms with Crippen LogP contribution in [-0.4, -0.2) is 30.0 Å². The fourth-order valence-electron chi connectivity index (χ4n) is 2.90. The molecule has 0 aliphatic heterocycles. The summed E-state index contributed by atoms with van der Waals surface area (Å²) in [5.41, 5.74) is 3.10. The number of benzene rings is 1. The van der Waals surface area contributed by atoms with E-state index in [1.54, 1.807) is 24.3 Å². The first-order valence-corrected chi connectivity index (χ1v) is 9.04. The molecule has 0 saturated carbocycles. The van der Waals surface area contributed by atoms with Crippen LogP contribution in [-0.2, 0) is 16.1 Å². The summed E-state index contributed by atoms with van der Waals surface area (Å²) in [7, 11) is 1.54. The third-order valence-corrected chi connectivity index (χ3v) is 4.45. The number of hydrogen-bond acceptors (Lipinski definition) is 5. The number of ketones is 1. The predicted molar refractivity (Wildman–Crippen MR) is 106 cm³/mol. The van der Waals surface area contributed by atoms with Crippen molar-refractivity contribution in [3.05, 3.63) is 58.4 Å². The van der Waals surface area contributed by atoms with Crippen LogP contribution in [0, 0.1) is 25.2 Å². The maximum absolute atomic E-state index is 12.3. The van der Waals surface area contributed by atoms with Crippen molar-refractivity contribution in [3.63, 3.8) is 0 Å². The summed E-state index contributed by atoms with van der Waals surface area (Å²) >= 11 is 0. The molecule has 0 unspecified atom stereocenters. The van der Waals surface area contributed by atoms with Gasteiger partial charge in [-0.15, -0.1) is 0 Å². The van der Waals surface area contributed by atoms with Gasteiger partial charge in [0.15, 0.2) is 12.4 Å². The van der Waals surface area contributed by atoms with Crippen molar-refractivity contribution < 1.29 is 19.1 Å². The summed E-state index contributed by atoms with van der Waals surface area (Å²) < 4.78 is 12.2. The van der Waals surface area contributed by atoms with E-state index in [9.17, 15) is 14.9 Å². The fraction of sp³-hybridized carbons (Fsp3) is 0.318. The molecule has 2 aromatic rings. The molecular weight excluding hydrogens is 356 g/mol. The Balaban J connectivity index is 2.09. The number of nitriles is 1. The molecule has 0 N–H and O–H groups in total. The quantitative estimate of drug-likeness (QED) is 0.301. The predicted octanol–water partition coefficient (Wildman–Crippen LogP) is 3.86.